The van der Waals surface area contributed by atoms with Gasteiger partial charge in [0.15, 0.2) is 5.58 Å². The van der Waals surface area contributed by atoms with E-state index in [4.69, 9.17) is 4.52 Å². The fraction of sp³-hybridized carbons (Fsp3) is 0.462. The molecule has 2 aromatic rings. The van der Waals surface area contributed by atoms with Gasteiger partial charge in [0.25, 0.3) is 0 Å². The molecule has 2 heterocycles. The van der Waals surface area contributed by atoms with Crippen LogP contribution in [-0.4, -0.2) is 32.7 Å². The summed E-state index contributed by atoms with van der Waals surface area (Å²) in [5, 5.41) is 7.80. The van der Waals surface area contributed by atoms with E-state index in [0.29, 0.717) is 17.8 Å². The molecule has 0 radical (unpaired) electrons. The second-order valence-corrected chi connectivity index (χ2v) is 6.80. The molecule has 1 fully saturated rings. The lowest BCUT2D eigenvalue weighted by molar-refractivity contribution is 0.427. The number of hydrogen-bond donors (Lipinski definition) is 2. The third-order valence-electron chi connectivity index (χ3n) is 3.42. The summed E-state index contributed by atoms with van der Waals surface area (Å²) in [6.45, 7) is 1.63. The number of para-hydroxylation sites is 1. The third kappa shape index (κ3) is 3.00. The van der Waals surface area contributed by atoms with Gasteiger partial charge in [0.2, 0.25) is 10.0 Å². The van der Waals surface area contributed by atoms with E-state index in [-0.39, 0.29) is 11.8 Å². The van der Waals surface area contributed by atoms with Crippen molar-refractivity contribution in [2.24, 2.45) is 0 Å². The van der Waals surface area contributed by atoms with Gasteiger partial charge in [0, 0.05) is 18.0 Å². The minimum atomic E-state index is -3.41. The molecule has 20 heavy (non-hydrogen) atoms. The predicted octanol–water partition coefficient (Wildman–Crippen LogP) is 0.999. The minimum absolute atomic E-state index is 0.0353. The smallest absolute Gasteiger partial charge is 0.217 e. The zero-order valence-electron chi connectivity index (χ0n) is 11.0. The van der Waals surface area contributed by atoms with Gasteiger partial charge in [-0.2, -0.15) is 0 Å². The van der Waals surface area contributed by atoms with Gasteiger partial charge in [-0.1, -0.05) is 17.3 Å². The Balaban J connectivity index is 1.75. The Morgan fingerprint density at radius 2 is 2.25 bits per heavy atom. The summed E-state index contributed by atoms with van der Waals surface area (Å²) in [4.78, 5) is 0. The molecule has 1 aliphatic rings. The molecular formula is C13H17N3O3S. The van der Waals surface area contributed by atoms with Crippen LogP contribution in [0.5, 0.6) is 0 Å². The van der Waals surface area contributed by atoms with Gasteiger partial charge >= 0.3 is 0 Å². The van der Waals surface area contributed by atoms with Crippen molar-refractivity contribution in [3.05, 3.63) is 30.0 Å². The first-order valence-corrected chi connectivity index (χ1v) is 8.33. The molecule has 3 rings (SSSR count). The van der Waals surface area contributed by atoms with Gasteiger partial charge in [-0.15, -0.1) is 0 Å². The van der Waals surface area contributed by atoms with E-state index in [1.54, 1.807) is 6.07 Å². The molecule has 6 nitrogen and oxygen atoms in total. The number of fused-ring (bicyclic) bond motifs is 1. The molecule has 7 heteroatoms. The Bertz CT molecular complexity index is 690. The SMILES string of the molecule is O=S(=O)(Cc1noc2ccccc12)NC1CCCNC1. The van der Waals surface area contributed by atoms with E-state index < -0.39 is 10.0 Å². The Hall–Kier alpha value is -1.44. The highest BCUT2D eigenvalue weighted by atomic mass is 32.2. The molecule has 0 aliphatic carbocycles. The molecule has 0 amide bonds. The number of sulfonamides is 1. The van der Waals surface area contributed by atoms with Crippen LogP contribution in [0.4, 0.5) is 0 Å². The fourth-order valence-corrected chi connectivity index (χ4v) is 3.83. The normalized spacial score (nSPS) is 20.3. The van der Waals surface area contributed by atoms with Crippen molar-refractivity contribution < 1.29 is 12.9 Å². The summed E-state index contributed by atoms with van der Waals surface area (Å²) in [5.74, 6) is -0.152. The minimum Gasteiger partial charge on any atom is -0.356 e. The van der Waals surface area contributed by atoms with Crippen molar-refractivity contribution in [2.45, 2.75) is 24.6 Å². The van der Waals surface area contributed by atoms with Crippen molar-refractivity contribution >= 4 is 21.0 Å². The number of piperidine rings is 1. The average Bonchev–Trinajstić information content (AvgIpc) is 2.82. The van der Waals surface area contributed by atoms with E-state index in [1.165, 1.54) is 0 Å². The van der Waals surface area contributed by atoms with Crippen LogP contribution in [0.15, 0.2) is 28.8 Å². The van der Waals surface area contributed by atoms with E-state index in [0.717, 1.165) is 24.8 Å². The van der Waals surface area contributed by atoms with Crippen LogP contribution >= 0.6 is 0 Å². The lowest BCUT2D eigenvalue weighted by Gasteiger charge is -2.23. The number of nitrogens with zero attached hydrogens (tertiary/aromatic N) is 1. The van der Waals surface area contributed by atoms with E-state index in [1.807, 2.05) is 18.2 Å². The Labute approximate surface area is 117 Å². The first-order valence-electron chi connectivity index (χ1n) is 6.68. The Kier molecular flexibility index (Phi) is 3.73. The van der Waals surface area contributed by atoms with Crippen LogP contribution in [0.25, 0.3) is 11.0 Å². The standard InChI is InChI=1S/C13H17N3O3S/c17-20(18,16-10-4-3-7-14-8-10)9-12-11-5-1-2-6-13(11)19-15-12/h1-2,5-6,10,14,16H,3-4,7-9H2. The van der Waals surface area contributed by atoms with Crippen LogP contribution in [0.1, 0.15) is 18.5 Å². The van der Waals surface area contributed by atoms with Crippen molar-refractivity contribution in [2.75, 3.05) is 13.1 Å². The largest absolute Gasteiger partial charge is 0.356 e. The summed E-state index contributed by atoms with van der Waals surface area (Å²) < 4.78 is 32.2. The predicted molar refractivity (Wildman–Crippen MR) is 75.7 cm³/mol. The molecule has 1 atom stereocenters. The number of aromatic nitrogens is 1. The lowest BCUT2D eigenvalue weighted by atomic mass is 10.1. The fourth-order valence-electron chi connectivity index (χ4n) is 2.47. The maximum Gasteiger partial charge on any atom is 0.217 e. The molecule has 1 aliphatic heterocycles. The van der Waals surface area contributed by atoms with E-state index in [2.05, 4.69) is 15.2 Å². The quantitative estimate of drug-likeness (QED) is 0.879. The highest BCUT2D eigenvalue weighted by Crippen LogP contribution is 2.19. The second-order valence-electron chi connectivity index (χ2n) is 5.05. The van der Waals surface area contributed by atoms with Crippen LogP contribution < -0.4 is 10.0 Å². The van der Waals surface area contributed by atoms with Crippen LogP contribution in [0, 0.1) is 0 Å². The van der Waals surface area contributed by atoms with Crippen LogP contribution in [0.3, 0.4) is 0 Å². The highest BCUT2D eigenvalue weighted by molar-refractivity contribution is 7.88. The van der Waals surface area contributed by atoms with Gasteiger partial charge in [0.1, 0.15) is 11.4 Å². The Morgan fingerprint density at radius 1 is 1.40 bits per heavy atom. The van der Waals surface area contributed by atoms with Gasteiger partial charge in [-0.3, -0.25) is 0 Å². The van der Waals surface area contributed by atoms with Crippen molar-refractivity contribution in [3.8, 4) is 0 Å². The zero-order chi connectivity index (χ0) is 14.0. The van der Waals surface area contributed by atoms with Crippen LogP contribution in [-0.2, 0) is 15.8 Å². The van der Waals surface area contributed by atoms with Crippen molar-refractivity contribution in [3.63, 3.8) is 0 Å². The highest BCUT2D eigenvalue weighted by Gasteiger charge is 2.22. The summed E-state index contributed by atoms with van der Waals surface area (Å²) in [6, 6.07) is 7.23. The van der Waals surface area contributed by atoms with Crippen molar-refractivity contribution in [1.82, 2.24) is 15.2 Å². The van der Waals surface area contributed by atoms with Gasteiger partial charge < -0.3 is 9.84 Å². The molecule has 0 bridgehead atoms. The first kappa shape index (κ1) is 13.5. The number of nitrogens with one attached hydrogen (secondary N) is 2. The van der Waals surface area contributed by atoms with Gasteiger partial charge in [0.05, 0.1) is 0 Å². The summed E-state index contributed by atoms with van der Waals surface area (Å²) >= 11 is 0. The first-order chi connectivity index (χ1) is 9.64. The molecule has 1 saturated heterocycles. The monoisotopic (exact) mass is 295 g/mol. The molecule has 1 aromatic heterocycles. The Morgan fingerprint density at radius 3 is 3.05 bits per heavy atom. The summed E-state index contributed by atoms with van der Waals surface area (Å²) in [6.07, 6.45) is 1.85. The number of rotatable bonds is 4. The van der Waals surface area contributed by atoms with Crippen molar-refractivity contribution in [1.29, 1.82) is 0 Å². The van der Waals surface area contributed by atoms with Gasteiger partial charge in [-0.05, 0) is 31.5 Å². The maximum atomic E-state index is 12.2. The van der Waals surface area contributed by atoms with Crippen LogP contribution in [0.2, 0.25) is 0 Å². The molecule has 0 saturated carbocycles. The van der Waals surface area contributed by atoms with E-state index >= 15 is 0 Å². The van der Waals surface area contributed by atoms with E-state index in [9.17, 15) is 8.42 Å². The summed E-state index contributed by atoms with van der Waals surface area (Å²) in [5.41, 5.74) is 1.06. The lowest BCUT2D eigenvalue weighted by Crippen LogP contribution is -2.45. The topological polar surface area (TPSA) is 84.2 Å². The zero-order valence-corrected chi connectivity index (χ0v) is 11.8. The average molecular weight is 295 g/mol. The number of benzene rings is 1. The molecule has 0 spiro atoms. The third-order valence-corrected chi connectivity index (χ3v) is 4.77. The molecular weight excluding hydrogens is 278 g/mol. The molecule has 1 aromatic carbocycles. The maximum absolute atomic E-state index is 12.2. The molecule has 1 unspecified atom stereocenters. The summed E-state index contributed by atoms with van der Waals surface area (Å²) in [7, 11) is -3.41. The number of hydrogen-bond acceptors (Lipinski definition) is 5. The van der Waals surface area contributed by atoms with Gasteiger partial charge in [-0.25, -0.2) is 13.1 Å². The second kappa shape index (κ2) is 5.51. The molecule has 2 N–H and O–H groups in total. The molecule has 108 valence electrons.